The van der Waals surface area contributed by atoms with Gasteiger partial charge in [-0.3, -0.25) is 4.68 Å². The number of hydrogen-bond donors (Lipinski definition) is 0. The van der Waals surface area contributed by atoms with Crippen molar-refractivity contribution in [1.29, 1.82) is 0 Å². The Morgan fingerprint density at radius 3 is 2.52 bits per heavy atom. The molecule has 3 heterocycles. The van der Waals surface area contributed by atoms with Crippen molar-refractivity contribution in [2.45, 2.75) is 44.2 Å². The van der Waals surface area contributed by atoms with Gasteiger partial charge in [-0.2, -0.15) is 9.40 Å². The molecule has 2 aliphatic heterocycles. The Morgan fingerprint density at radius 2 is 1.85 bits per heavy atom. The summed E-state index contributed by atoms with van der Waals surface area (Å²) < 4.78 is 53.4. The quantitative estimate of drug-likeness (QED) is 0.768. The summed E-state index contributed by atoms with van der Waals surface area (Å²) in [4.78, 5) is 0.214. The van der Waals surface area contributed by atoms with E-state index in [0.717, 1.165) is 5.56 Å². The minimum atomic E-state index is -3.70. The molecule has 2 aliphatic rings. The van der Waals surface area contributed by atoms with Gasteiger partial charge in [0.25, 0.3) is 0 Å². The number of sulfone groups is 1. The maximum atomic E-state index is 13.3. The number of hydrogen-bond acceptors (Lipinski definition) is 5. The Hall–Kier alpha value is -1.71. The minimum Gasteiger partial charge on any atom is -0.264 e. The molecular weight excluding hydrogens is 386 g/mol. The summed E-state index contributed by atoms with van der Waals surface area (Å²) in [6, 6.07) is 7.60. The van der Waals surface area contributed by atoms with Gasteiger partial charge in [0.15, 0.2) is 9.84 Å². The lowest BCUT2D eigenvalue weighted by Crippen LogP contribution is -2.36. The van der Waals surface area contributed by atoms with Gasteiger partial charge >= 0.3 is 0 Å². The molecule has 0 radical (unpaired) electrons. The van der Waals surface area contributed by atoms with Gasteiger partial charge in [0, 0.05) is 13.1 Å². The summed E-state index contributed by atoms with van der Waals surface area (Å²) in [7, 11) is -6.78. The average molecular weight is 410 g/mol. The van der Waals surface area contributed by atoms with Gasteiger partial charge in [-0.25, -0.2) is 16.8 Å². The second-order valence-electron chi connectivity index (χ2n) is 7.36. The molecule has 0 bridgehead atoms. The lowest BCUT2D eigenvalue weighted by molar-refractivity contribution is 0.390. The van der Waals surface area contributed by atoms with Crippen LogP contribution in [0, 0.1) is 13.8 Å². The fourth-order valence-electron chi connectivity index (χ4n) is 4.15. The van der Waals surface area contributed by atoms with Gasteiger partial charge < -0.3 is 0 Å². The van der Waals surface area contributed by atoms with E-state index in [0.29, 0.717) is 37.3 Å². The highest BCUT2D eigenvalue weighted by Crippen LogP contribution is 2.32. The molecule has 0 unspecified atom stereocenters. The molecule has 0 aliphatic carbocycles. The molecule has 0 spiro atoms. The standard InChI is InChI=1S/C18H23N3O4S2/c1-13-18(14(2)21(19-13)17-8-10-26(22,23)12-17)27(24,25)20-9-7-15-5-3-4-6-16(15)11-20/h3-6,17H,7-12H2,1-2H3/t17-/m0/s1. The number of fused-ring (bicyclic) bond motifs is 1. The van der Waals surface area contributed by atoms with Crippen LogP contribution in [-0.2, 0) is 32.8 Å². The zero-order chi connectivity index (χ0) is 19.4. The first kappa shape index (κ1) is 18.6. The van der Waals surface area contributed by atoms with Crippen LogP contribution in [-0.4, -0.2) is 49.0 Å². The summed E-state index contributed by atoms with van der Waals surface area (Å²) >= 11 is 0. The zero-order valence-electron chi connectivity index (χ0n) is 15.4. The highest BCUT2D eigenvalue weighted by atomic mass is 32.2. The van der Waals surface area contributed by atoms with Crippen molar-refractivity contribution < 1.29 is 16.8 Å². The van der Waals surface area contributed by atoms with Gasteiger partial charge in [-0.15, -0.1) is 0 Å². The van der Waals surface area contributed by atoms with Crippen molar-refractivity contribution >= 4 is 19.9 Å². The third-order valence-electron chi connectivity index (χ3n) is 5.51. The molecule has 4 rings (SSSR count). The first-order valence-corrected chi connectivity index (χ1v) is 12.3. The molecule has 1 aromatic heterocycles. The third-order valence-corrected chi connectivity index (χ3v) is 9.35. The monoisotopic (exact) mass is 409 g/mol. The van der Waals surface area contributed by atoms with Crippen LogP contribution in [0.1, 0.15) is 35.0 Å². The zero-order valence-corrected chi connectivity index (χ0v) is 17.1. The highest BCUT2D eigenvalue weighted by Gasteiger charge is 2.36. The van der Waals surface area contributed by atoms with E-state index < -0.39 is 19.9 Å². The predicted molar refractivity (Wildman–Crippen MR) is 102 cm³/mol. The van der Waals surface area contributed by atoms with Gasteiger partial charge in [0.2, 0.25) is 10.0 Å². The Bertz CT molecular complexity index is 1100. The molecule has 0 saturated carbocycles. The minimum absolute atomic E-state index is 0.0194. The van der Waals surface area contributed by atoms with E-state index in [4.69, 9.17) is 0 Å². The third kappa shape index (κ3) is 3.21. The largest absolute Gasteiger partial charge is 0.264 e. The van der Waals surface area contributed by atoms with E-state index in [1.54, 1.807) is 18.5 Å². The summed E-state index contributed by atoms with van der Waals surface area (Å²) in [6.45, 7) is 4.18. The van der Waals surface area contributed by atoms with Gasteiger partial charge in [0.05, 0.1) is 28.9 Å². The molecule has 1 aromatic carbocycles. The van der Waals surface area contributed by atoms with Crippen LogP contribution in [0.15, 0.2) is 29.2 Å². The van der Waals surface area contributed by atoms with Crippen LogP contribution in [0.3, 0.4) is 0 Å². The number of nitrogens with zero attached hydrogens (tertiary/aromatic N) is 3. The lowest BCUT2D eigenvalue weighted by atomic mass is 10.0. The van der Waals surface area contributed by atoms with E-state index in [1.165, 1.54) is 9.87 Å². The molecule has 7 nitrogen and oxygen atoms in total. The maximum absolute atomic E-state index is 13.3. The number of benzene rings is 1. The predicted octanol–water partition coefficient (Wildman–Crippen LogP) is 1.61. The second-order valence-corrected chi connectivity index (χ2v) is 11.5. The Labute approximate surface area is 160 Å². The topological polar surface area (TPSA) is 89.3 Å². The summed E-state index contributed by atoms with van der Waals surface area (Å²) in [6.07, 6.45) is 1.16. The second kappa shape index (κ2) is 6.42. The number of sulfonamides is 1. The number of aryl methyl sites for hydroxylation is 1. The van der Waals surface area contributed by atoms with Crippen LogP contribution in [0.25, 0.3) is 0 Å². The molecule has 1 atom stereocenters. The maximum Gasteiger partial charge on any atom is 0.247 e. The van der Waals surface area contributed by atoms with Crippen LogP contribution in [0.5, 0.6) is 0 Å². The van der Waals surface area contributed by atoms with Crippen LogP contribution in [0.4, 0.5) is 0 Å². The molecule has 0 amide bonds. The molecule has 0 N–H and O–H groups in total. The highest BCUT2D eigenvalue weighted by molar-refractivity contribution is 7.91. The normalized spacial score (nSPS) is 22.7. The van der Waals surface area contributed by atoms with E-state index >= 15 is 0 Å². The molecule has 9 heteroatoms. The van der Waals surface area contributed by atoms with Crippen LogP contribution in [0.2, 0.25) is 0 Å². The van der Waals surface area contributed by atoms with E-state index in [-0.39, 0.29) is 22.4 Å². The van der Waals surface area contributed by atoms with Crippen molar-refractivity contribution in [2.24, 2.45) is 0 Å². The molecule has 1 fully saturated rings. The van der Waals surface area contributed by atoms with Crippen molar-refractivity contribution in [3.8, 4) is 0 Å². The van der Waals surface area contributed by atoms with Crippen molar-refractivity contribution in [3.05, 3.63) is 46.8 Å². The summed E-state index contributed by atoms with van der Waals surface area (Å²) in [5.41, 5.74) is 3.16. The van der Waals surface area contributed by atoms with E-state index in [9.17, 15) is 16.8 Å². The number of rotatable bonds is 3. The summed E-state index contributed by atoms with van der Waals surface area (Å²) in [5, 5.41) is 4.41. The van der Waals surface area contributed by atoms with Gasteiger partial charge in [0.1, 0.15) is 4.90 Å². The van der Waals surface area contributed by atoms with Crippen LogP contribution < -0.4 is 0 Å². The Balaban J connectivity index is 1.69. The molecule has 146 valence electrons. The van der Waals surface area contributed by atoms with Crippen molar-refractivity contribution in [3.63, 3.8) is 0 Å². The fourth-order valence-corrected chi connectivity index (χ4v) is 7.62. The van der Waals surface area contributed by atoms with E-state index in [1.807, 2.05) is 24.3 Å². The van der Waals surface area contributed by atoms with Gasteiger partial charge in [-0.1, -0.05) is 24.3 Å². The molecular formula is C18H23N3O4S2. The lowest BCUT2D eigenvalue weighted by Gasteiger charge is -2.28. The van der Waals surface area contributed by atoms with Crippen LogP contribution >= 0.6 is 0 Å². The molecule has 27 heavy (non-hydrogen) atoms. The van der Waals surface area contributed by atoms with Crippen molar-refractivity contribution in [2.75, 3.05) is 18.1 Å². The van der Waals surface area contributed by atoms with E-state index in [2.05, 4.69) is 5.10 Å². The Kier molecular flexibility index (Phi) is 4.44. The first-order chi connectivity index (χ1) is 12.7. The molecule has 2 aromatic rings. The average Bonchev–Trinajstić information content (AvgIpc) is 3.13. The summed E-state index contributed by atoms with van der Waals surface area (Å²) in [5.74, 6) is 0.145. The number of aromatic nitrogens is 2. The van der Waals surface area contributed by atoms with Crippen molar-refractivity contribution in [1.82, 2.24) is 14.1 Å². The first-order valence-electron chi connectivity index (χ1n) is 9.02. The smallest absolute Gasteiger partial charge is 0.247 e. The Morgan fingerprint density at radius 1 is 1.15 bits per heavy atom. The SMILES string of the molecule is Cc1nn([C@H]2CCS(=O)(=O)C2)c(C)c1S(=O)(=O)N1CCc2ccccc2C1. The van der Waals surface area contributed by atoms with Gasteiger partial charge in [-0.05, 0) is 37.8 Å². The molecule has 1 saturated heterocycles. The fraction of sp³-hybridized carbons (Fsp3) is 0.500.